The maximum atomic E-state index is 5.66. The number of likely N-dealkylation sites (tertiary alicyclic amines) is 1. The maximum absolute atomic E-state index is 5.66. The van der Waals surface area contributed by atoms with Crippen LogP contribution in [0.25, 0.3) is 0 Å². The highest BCUT2D eigenvalue weighted by Gasteiger charge is 2.36. The molecule has 0 amide bonds. The van der Waals surface area contributed by atoms with Gasteiger partial charge in [0.1, 0.15) is 0 Å². The zero-order chi connectivity index (χ0) is 10.0. The van der Waals surface area contributed by atoms with Gasteiger partial charge in [-0.15, -0.1) is 0 Å². The Morgan fingerprint density at radius 1 is 1.00 bits per heavy atom. The molecule has 2 aliphatic rings. The summed E-state index contributed by atoms with van der Waals surface area (Å²) >= 11 is 2.45. The third kappa shape index (κ3) is 2.40. The van der Waals surface area contributed by atoms with Crippen LogP contribution in [-0.4, -0.2) is 40.9 Å². The van der Waals surface area contributed by atoms with E-state index in [0.717, 1.165) is 6.67 Å². The fourth-order valence-corrected chi connectivity index (χ4v) is 3.15. The number of hydrogen-bond donors (Lipinski definition) is 1. The van der Waals surface area contributed by atoms with E-state index in [9.17, 15) is 0 Å². The molecule has 0 aromatic heterocycles. The summed E-state index contributed by atoms with van der Waals surface area (Å²) in [4.78, 5) is 2.38. The monoisotopic (exact) mass is 309 g/mol. The Hall–Kier alpha value is 0.610. The lowest BCUT2D eigenvalue weighted by Crippen LogP contribution is -2.46. The average molecular weight is 309 g/mol. The summed E-state index contributed by atoms with van der Waals surface area (Å²) in [5, 5.41) is 0. The molecule has 0 aromatic carbocycles. The Kier molecular flexibility index (Phi) is 3.68. The number of piperidine rings is 2. The van der Waals surface area contributed by atoms with Crippen molar-refractivity contribution in [3.05, 3.63) is 0 Å². The number of hydrogen-bond acceptors (Lipinski definition) is 3. The molecule has 0 unspecified atom stereocenters. The van der Waals surface area contributed by atoms with Crippen molar-refractivity contribution in [3.63, 3.8) is 0 Å². The van der Waals surface area contributed by atoms with Gasteiger partial charge in [0.25, 0.3) is 0 Å². The molecule has 4 heteroatoms. The van der Waals surface area contributed by atoms with Crippen LogP contribution in [0.2, 0.25) is 0 Å². The molecule has 0 atom stereocenters. The lowest BCUT2D eigenvalue weighted by molar-refractivity contribution is 0.0629. The summed E-state index contributed by atoms with van der Waals surface area (Å²) in [5.74, 6) is 0. The van der Waals surface area contributed by atoms with Crippen LogP contribution in [0, 0.1) is 5.41 Å². The summed E-state index contributed by atoms with van der Waals surface area (Å²) in [6.45, 7) is 5.75. The van der Waals surface area contributed by atoms with E-state index in [1.54, 1.807) is 0 Å². The number of nitrogens with two attached hydrogens (primary N) is 1. The van der Waals surface area contributed by atoms with Gasteiger partial charge in [0.05, 0.1) is 0 Å². The number of halogens is 1. The van der Waals surface area contributed by atoms with E-state index in [1.807, 2.05) is 0 Å². The van der Waals surface area contributed by atoms with E-state index in [2.05, 4.69) is 30.9 Å². The van der Waals surface area contributed by atoms with Gasteiger partial charge in [-0.05, 0) is 44.2 Å². The molecule has 2 fully saturated rings. The molecule has 0 bridgehead atoms. The van der Waals surface area contributed by atoms with Gasteiger partial charge < -0.3 is 5.73 Å². The fraction of sp³-hybridized carbons (Fsp3) is 1.00. The summed E-state index contributed by atoms with van der Waals surface area (Å²) in [6.07, 6.45) is 5.53. The zero-order valence-electron chi connectivity index (χ0n) is 8.71. The third-order valence-corrected chi connectivity index (χ3v) is 4.91. The molecule has 3 nitrogen and oxygen atoms in total. The van der Waals surface area contributed by atoms with Gasteiger partial charge in [0.2, 0.25) is 0 Å². The molecule has 0 radical (unpaired) electrons. The highest BCUT2D eigenvalue weighted by molar-refractivity contribution is 14.1. The van der Waals surface area contributed by atoms with Crippen molar-refractivity contribution in [2.75, 3.05) is 32.8 Å². The zero-order valence-corrected chi connectivity index (χ0v) is 10.9. The van der Waals surface area contributed by atoms with E-state index < -0.39 is 0 Å². The van der Waals surface area contributed by atoms with Crippen molar-refractivity contribution in [1.29, 1.82) is 0 Å². The lowest BCUT2D eigenvalue weighted by atomic mass is 9.72. The van der Waals surface area contributed by atoms with Crippen molar-refractivity contribution in [3.8, 4) is 0 Å². The molecular weight excluding hydrogens is 289 g/mol. The van der Waals surface area contributed by atoms with Crippen molar-refractivity contribution in [1.82, 2.24) is 8.01 Å². The van der Waals surface area contributed by atoms with Gasteiger partial charge in [-0.3, -0.25) is 4.90 Å². The van der Waals surface area contributed by atoms with Gasteiger partial charge >= 0.3 is 0 Å². The second-order valence-electron chi connectivity index (χ2n) is 4.71. The van der Waals surface area contributed by atoms with Crippen molar-refractivity contribution in [2.24, 2.45) is 11.1 Å². The van der Waals surface area contributed by atoms with E-state index in [1.165, 1.54) is 51.9 Å². The minimum Gasteiger partial charge on any atom is -0.318 e. The summed E-state index contributed by atoms with van der Waals surface area (Å²) < 4.78 is 2.43. The van der Waals surface area contributed by atoms with Crippen LogP contribution < -0.4 is 5.73 Å². The second kappa shape index (κ2) is 4.63. The fourth-order valence-electron chi connectivity index (χ4n) is 2.66. The number of rotatable bonds is 1. The van der Waals surface area contributed by atoms with Crippen molar-refractivity contribution in [2.45, 2.75) is 25.7 Å². The first-order chi connectivity index (χ1) is 6.74. The highest BCUT2D eigenvalue weighted by Crippen LogP contribution is 2.41. The van der Waals surface area contributed by atoms with Gasteiger partial charge in [0.15, 0.2) is 0 Å². The van der Waals surface area contributed by atoms with Crippen LogP contribution in [-0.2, 0) is 0 Å². The Morgan fingerprint density at radius 3 is 2.00 bits per heavy atom. The molecule has 0 aromatic rings. The molecule has 2 N–H and O–H groups in total. The molecule has 2 aliphatic heterocycles. The van der Waals surface area contributed by atoms with Crippen LogP contribution in [0.1, 0.15) is 25.7 Å². The van der Waals surface area contributed by atoms with E-state index in [-0.39, 0.29) is 0 Å². The Morgan fingerprint density at radius 2 is 1.50 bits per heavy atom. The molecule has 2 rings (SSSR count). The SMILES string of the molecule is NCN1CCC2(CCN(I)CC2)CC1. The van der Waals surface area contributed by atoms with Crippen LogP contribution >= 0.6 is 22.9 Å². The molecule has 2 saturated heterocycles. The molecule has 1 spiro atoms. The Bertz CT molecular complexity index is 180. The smallest absolute Gasteiger partial charge is 0.0455 e. The van der Waals surface area contributed by atoms with E-state index >= 15 is 0 Å². The summed E-state index contributed by atoms with van der Waals surface area (Å²) in [6, 6.07) is 0. The van der Waals surface area contributed by atoms with Gasteiger partial charge in [-0.25, -0.2) is 3.11 Å². The quantitative estimate of drug-likeness (QED) is 0.587. The molecule has 2 heterocycles. The molecule has 0 aliphatic carbocycles. The predicted molar refractivity (Wildman–Crippen MR) is 67.1 cm³/mol. The molecule has 14 heavy (non-hydrogen) atoms. The topological polar surface area (TPSA) is 32.5 Å². The van der Waals surface area contributed by atoms with Crippen molar-refractivity contribution < 1.29 is 0 Å². The number of nitrogens with zero attached hydrogens (tertiary/aromatic N) is 2. The van der Waals surface area contributed by atoms with Crippen molar-refractivity contribution >= 4 is 22.9 Å². The minimum atomic E-state index is 0.674. The largest absolute Gasteiger partial charge is 0.318 e. The van der Waals surface area contributed by atoms with Crippen LogP contribution in [0.3, 0.4) is 0 Å². The average Bonchev–Trinajstić information content (AvgIpc) is 2.24. The normalized spacial score (nSPS) is 29.6. The maximum Gasteiger partial charge on any atom is 0.0455 e. The molecular formula is C10H20IN3. The van der Waals surface area contributed by atoms with Crippen LogP contribution in [0.5, 0.6) is 0 Å². The summed E-state index contributed by atoms with van der Waals surface area (Å²) in [7, 11) is 0. The Labute approximate surface area is 100 Å². The lowest BCUT2D eigenvalue weighted by Gasteiger charge is -2.45. The standard InChI is InChI=1S/C10H20IN3/c11-14-7-3-10(4-8-14)1-5-13(9-12)6-2-10/h1-9,12H2. The van der Waals surface area contributed by atoms with E-state index in [4.69, 9.17) is 5.73 Å². The Balaban J connectivity index is 1.86. The molecule has 82 valence electrons. The predicted octanol–water partition coefficient (Wildman–Crippen LogP) is 1.43. The summed E-state index contributed by atoms with van der Waals surface area (Å²) in [5.41, 5.74) is 6.33. The van der Waals surface area contributed by atoms with Crippen LogP contribution in [0.4, 0.5) is 0 Å². The van der Waals surface area contributed by atoms with E-state index in [0.29, 0.717) is 5.41 Å². The molecule has 0 saturated carbocycles. The second-order valence-corrected chi connectivity index (χ2v) is 6.07. The first-order valence-corrected chi connectivity index (χ1v) is 6.54. The highest BCUT2D eigenvalue weighted by atomic mass is 127. The minimum absolute atomic E-state index is 0.674. The first kappa shape index (κ1) is 11.1. The van der Waals surface area contributed by atoms with Crippen LogP contribution in [0.15, 0.2) is 0 Å². The third-order valence-electron chi connectivity index (χ3n) is 3.94. The van der Waals surface area contributed by atoms with Gasteiger partial charge in [-0.1, -0.05) is 0 Å². The first-order valence-electron chi connectivity index (χ1n) is 5.57. The van der Waals surface area contributed by atoms with Gasteiger partial charge in [-0.2, -0.15) is 0 Å². The van der Waals surface area contributed by atoms with Gasteiger partial charge in [0, 0.05) is 42.6 Å².